The molecule has 1 rings (SSSR count). The highest BCUT2D eigenvalue weighted by Gasteiger charge is 2.02. The molecular formula is C9H14Br2N2S. The summed E-state index contributed by atoms with van der Waals surface area (Å²) in [7, 11) is 1.98. The Bertz CT molecular complexity index is 256. The summed E-state index contributed by atoms with van der Waals surface area (Å²) in [5.41, 5.74) is 0. The van der Waals surface area contributed by atoms with Crippen LogP contribution in [-0.4, -0.2) is 20.1 Å². The van der Waals surface area contributed by atoms with Crippen molar-refractivity contribution in [2.24, 2.45) is 0 Å². The Morgan fingerprint density at radius 3 is 2.71 bits per heavy atom. The van der Waals surface area contributed by atoms with Crippen LogP contribution in [0.1, 0.15) is 11.3 Å². The highest BCUT2D eigenvalue weighted by Crippen LogP contribution is 2.32. The fraction of sp³-hybridized carbons (Fsp3) is 0.556. The molecule has 80 valence electrons. The smallest absolute Gasteiger partial charge is 0.0843 e. The third-order valence-corrected chi connectivity index (χ3v) is 5.03. The molecule has 0 spiro atoms. The standard InChI is InChI=1S/C9H14Br2N2S/c1-12-3-2-4-13-6-7-5-8(10)9(11)14-7/h5,12-13H,2-4,6H2,1H3. The molecule has 0 unspecified atom stereocenters. The number of thiophene rings is 1. The van der Waals surface area contributed by atoms with Gasteiger partial charge < -0.3 is 10.6 Å². The van der Waals surface area contributed by atoms with E-state index in [0.29, 0.717) is 0 Å². The topological polar surface area (TPSA) is 24.1 Å². The van der Waals surface area contributed by atoms with Crippen molar-refractivity contribution in [3.63, 3.8) is 0 Å². The van der Waals surface area contributed by atoms with E-state index in [4.69, 9.17) is 0 Å². The summed E-state index contributed by atoms with van der Waals surface area (Å²) in [5, 5.41) is 6.53. The molecule has 0 radical (unpaired) electrons. The first-order valence-corrected chi connectivity index (χ1v) is 6.93. The van der Waals surface area contributed by atoms with Crippen LogP contribution in [0.2, 0.25) is 0 Å². The summed E-state index contributed by atoms with van der Waals surface area (Å²) in [6.45, 7) is 3.09. The fourth-order valence-corrected chi connectivity index (χ4v) is 3.23. The molecule has 0 aromatic carbocycles. The van der Waals surface area contributed by atoms with Crippen LogP contribution in [0.25, 0.3) is 0 Å². The largest absolute Gasteiger partial charge is 0.320 e. The molecule has 1 aromatic heterocycles. The maximum Gasteiger partial charge on any atom is 0.0843 e. The zero-order valence-corrected chi connectivity index (χ0v) is 12.1. The molecule has 2 nitrogen and oxygen atoms in total. The van der Waals surface area contributed by atoms with Gasteiger partial charge >= 0.3 is 0 Å². The zero-order valence-electron chi connectivity index (χ0n) is 8.07. The van der Waals surface area contributed by atoms with Crippen molar-refractivity contribution in [1.82, 2.24) is 10.6 Å². The van der Waals surface area contributed by atoms with Crippen LogP contribution >= 0.6 is 43.2 Å². The Morgan fingerprint density at radius 2 is 2.14 bits per heavy atom. The minimum atomic E-state index is 0.957. The molecule has 0 aliphatic carbocycles. The number of rotatable bonds is 6. The van der Waals surface area contributed by atoms with E-state index in [1.807, 2.05) is 7.05 Å². The summed E-state index contributed by atoms with van der Waals surface area (Å²) < 4.78 is 2.32. The lowest BCUT2D eigenvalue weighted by Gasteiger charge is -2.01. The van der Waals surface area contributed by atoms with Crippen molar-refractivity contribution in [1.29, 1.82) is 0 Å². The van der Waals surface area contributed by atoms with Crippen molar-refractivity contribution in [2.75, 3.05) is 20.1 Å². The second-order valence-electron chi connectivity index (χ2n) is 2.97. The zero-order chi connectivity index (χ0) is 10.4. The lowest BCUT2D eigenvalue weighted by atomic mass is 10.4. The van der Waals surface area contributed by atoms with Crippen molar-refractivity contribution in [3.8, 4) is 0 Å². The molecule has 14 heavy (non-hydrogen) atoms. The molecule has 0 aliphatic heterocycles. The molecule has 0 amide bonds. The Labute approximate surface area is 106 Å². The van der Waals surface area contributed by atoms with E-state index in [1.165, 1.54) is 15.1 Å². The van der Waals surface area contributed by atoms with Gasteiger partial charge in [0.05, 0.1) is 3.79 Å². The Morgan fingerprint density at radius 1 is 1.36 bits per heavy atom. The van der Waals surface area contributed by atoms with Crippen LogP contribution < -0.4 is 10.6 Å². The number of hydrogen-bond acceptors (Lipinski definition) is 3. The maximum absolute atomic E-state index is 3.48. The van der Waals surface area contributed by atoms with E-state index in [1.54, 1.807) is 11.3 Å². The monoisotopic (exact) mass is 340 g/mol. The van der Waals surface area contributed by atoms with Crippen LogP contribution in [-0.2, 0) is 6.54 Å². The van der Waals surface area contributed by atoms with Gasteiger partial charge in [-0.15, -0.1) is 11.3 Å². The number of halogens is 2. The first kappa shape index (κ1) is 12.6. The van der Waals surface area contributed by atoms with E-state index in [-0.39, 0.29) is 0 Å². The molecule has 0 aliphatic rings. The van der Waals surface area contributed by atoms with Crippen molar-refractivity contribution in [3.05, 3.63) is 19.2 Å². The minimum Gasteiger partial charge on any atom is -0.320 e. The van der Waals surface area contributed by atoms with Gasteiger partial charge in [0.25, 0.3) is 0 Å². The van der Waals surface area contributed by atoms with E-state index < -0.39 is 0 Å². The summed E-state index contributed by atoms with van der Waals surface area (Å²) >= 11 is 8.73. The van der Waals surface area contributed by atoms with E-state index >= 15 is 0 Å². The molecule has 1 heterocycles. The van der Waals surface area contributed by atoms with Crippen LogP contribution in [0.15, 0.2) is 14.3 Å². The Balaban J connectivity index is 2.18. The predicted octanol–water partition coefficient (Wildman–Crippen LogP) is 2.97. The number of nitrogens with one attached hydrogen (secondary N) is 2. The van der Waals surface area contributed by atoms with E-state index in [9.17, 15) is 0 Å². The maximum atomic E-state index is 3.48. The van der Waals surface area contributed by atoms with Gasteiger partial charge in [0.15, 0.2) is 0 Å². The van der Waals surface area contributed by atoms with Gasteiger partial charge in [-0.1, -0.05) is 0 Å². The Kier molecular flexibility index (Phi) is 6.28. The van der Waals surface area contributed by atoms with E-state index in [2.05, 4.69) is 48.6 Å². The van der Waals surface area contributed by atoms with Crippen molar-refractivity contribution >= 4 is 43.2 Å². The minimum absolute atomic E-state index is 0.957. The van der Waals surface area contributed by atoms with Crippen LogP contribution in [0.3, 0.4) is 0 Å². The van der Waals surface area contributed by atoms with Gasteiger partial charge in [0, 0.05) is 15.9 Å². The summed E-state index contributed by atoms with van der Waals surface area (Å²) in [5.74, 6) is 0. The van der Waals surface area contributed by atoms with Gasteiger partial charge in [0.2, 0.25) is 0 Å². The second-order valence-corrected chi connectivity index (χ2v) is 6.28. The lowest BCUT2D eigenvalue weighted by Crippen LogP contribution is -2.18. The van der Waals surface area contributed by atoms with Gasteiger partial charge in [-0.3, -0.25) is 0 Å². The molecular weight excluding hydrogens is 328 g/mol. The predicted molar refractivity (Wildman–Crippen MR) is 70.0 cm³/mol. The van der Waals surface area contributed by atoms with Crippen LogP contribution in [0, 0.1) is 0 Å². The molecule has 0 saturated heterocycles. The molecule has 0 saturated carbocycles. The quantitative estimate of drug-likeness (QED) is 0.777. The normalized spacial score (nSPS) is 10.8. The first-order chi connectivity index (χ1) is 6.74. The molecule has 0 atom stereocenters. The lowest BCUT2D eigenvalue weighted by molar-refractivity contribution is 0.629. The fourth-order valence-electron chi connectivity index (χ4n) is 1.08. The van der Waals surface area contributed by atoms with Gasteiger partial charge in [0.1, 0.15) is 0 Å². The van der Waals surface area contributed by atoms with Gasteiger partial charge in [-0.05, 0) is 64.5 Å². The van der Waals surface area contributed by atoms with Gasteiger partial charge in [-0.2, -0.15) is 0 Å². The average Bonchev–Trinajstić information content (AvgIpc) is 2.46. The molecule has 2 N–H and O–H groups in total. The first-order valence-electron chi connectivity index (χ1n) is 4.53. The van der Waals surface area contributed by atoms with E-state index in [0.717, 1.165) is 24.1 Å². The highest BCUT2D eigenvalue weighted by atomic mass is 79.9. The molecule has 1 aromatic rings. The molecule has 0 fully saturated rings. The third-order valence-electron chi connectivity index (χ3n) is 1.78. The van der Waals surface area contributed by atoms with Crippen molar-refractivity contribution < 1.29 is 0 Å². The summed E-state index contributed by atoms with van der Waals surface area (Å²) in [4.78, 5) is 1.35. The van der Waals surface area contributed by atoms with Crippen LogP contribution in [0.5, 0.6) is 0 Å². The Hall–Kier alpha value is 0.580. The summed E-state index contributed by atoms with van der Waals surface area (Å²) in [6.07, 6.45) is 1.17. The SMILES string of the molecule is CNCCCNCc1cc(Br)c(Br)s1. The van der Waals surface area contributed by atoms with Crippen molar-refractivity contribution in [2.45, 2.75) is 13.0 Å². The molecule has 5 heteroatoms. The van der Waals surface area contributed by atoms with Gasteiger partial charge in [-0.25, -0.2) is 0 Å². The number of hydrogen-bond donors (Lipinski definition) is 2. The highest BCUT2D eigenvalue weighted by molar-refractivity contribution is 9.13. The summed E-state index contributed by atoms with van der Waals surface area (Å²) in [6, 6.07) is 2.15. The third kappa shape index (κ3) is 4.40. The average molecular weight is 342 g/mol. The molecule has 0 bridgehead atoms. The van der Waals surface area contributed by atoms with Crippen LogP contribution in [0.4, 0.5) is 0 Å². The second kappa shape index (κ2) is 6.95.